The largest absolute Gasteiger partial charge is 0.396 e. The van der Waals surface area contributed by atoms with E-state index in [2.05, 4.69) is 0 Å². The van der Waals surface area contributed by atoms with Gasteiger partial charge in [0, 0.05) is 19.1 Å². The van der Waals surface area contributed by atoms with Crippen molar-refractivity contribution in [2.45, 2.75) is 24.7 Å². The van der Waals surface area contributed by atoms with E-state index in [4.69, 9.17) is 24.4 Å². The molecule has 0 aromatic rings. The predicted octanol–water partition coefficient (Wildman–Crippen LogP) is -0.882. The number of aliphatic hydroxyl groups excluding tert-OH is 2. The average molecular weight is 204 g/mol. The lowest BCUT2D eigenvalue weighted by molar-refractivity contribution is -0.279. The molecule has 0 radical (unpaired) electrons. The third kappa shape index (κ3) is 1.78. The van der Waals surface area contributed by atoms with E-state index in [0.717, 1.165) is 6.42 Å². The van der Waals surface area contributed by atoms with Gasteiger partial charge in [-0.25, -0.2) is 0 Å². The zero-order chi connectivity index (χ0) is 9.97. The molecule has 5 heteroatoms. The van der Waals surface area contributed by atoms with Gasteiger partial charge in [-0.3, -0.25) is 0 Å². The van der Waals surface area contributed by atoms with Gasteiger partial charge in [0.25, 0.3) is 0 Å². The van der Waals surface area contributed by atoms with Crippen molar-refractivity contribution in [1.29, 1.82) is 0 Å². The molecular weight excluding hydrogens is 188 g/mol. The molecule has 2 heterocycles. The minimum atomic E-state index is -0.317. The van der Waals surface area contributed by atoms with Crippen LogP contribution in [-0.2, 0) is 14.2 Å². The van der Waals surface area contributed by atoms with E-state index < -0.39 is 0 Å². The number of ether oxygens (including phenoxy) is 3. The number of rotatable bonds is 2. The van der Waals surface area contributed by atoms with Crippen LogP contribution >= 0.6 is 0 Å². The third-order valence-electron chi connectivity index (χ3n) is 2.91. The molecule has 0 amide bonds. The minimum absolute atomic E-state index is 0.0668. The van der Waals surface area contributed by atoms with Gasteiger partial charge in [0.1, 0.15) is 19.0 Å². The molecule has 0 aliphatic carbocycles. The first-order chi connectivity index (χ1) is 6.86. The smallest absolute Gasteiger partial charge is 0.147 e. The maximum absolute atomic E-state index is 9.15. The summed E-state index contributed by atoms with van der Waals surface area (Å²) in [4.78, 5) is 0. The molecule has 2 N–H and O–H groups in total. The lowest BCUT2D eigenvalue weighted by Gasteiger charge is -2.43. The summed E-state index contributed by atoms with van der Waals surface area (Å²) in [7, 11) is 0. The highest BCUT2D eigenvalue weighted by molar-refractivity contribution is 4.89. The maximum Gasteiger partial charge on any atom is 0.147 e. The van der Waals surface area contributed by atoms with E-state index in [1.807, 2.05) is 0 Å². The quantitative estimate of drug-likeness (QED) is 0.611. The molecule has 0 saturated carbocycles. The summed E-state index contributed by atoms with van der Waals surface area (Å²) in [6, 6.07) is 0. The molecule has 0 aromatic carbocycles. The normalized spacial score (nSPS) is 43.3. The number of hydrogen-bond donors (Lipinski definition) is 2. The van der Waals surface area contributed by atoms with Gasteiger partial charge < -0.3 is 24.4 Å². The fourth-order valence-corrected chi connectivity index (χ4v) is 2.08. The van der Waals surface area contributed by atoms with Crippen molar-refractivity contribution in [1.82, 2.24) is 0 Å². The molecule has 2 unspecified atom stereocenters. The molecule has 0 aromatic heterocycles. The van der Waals surface area contributed by atoms with Crippen molar-refractivity contribution in [2.75, 3.05) is 26.6 Å². The molecule has 2 saturated heterocycles. The summed E-state index contributed by atoms with van der Waals surface area (Å²) in [5.41, 5.74) is 0. The molecular formula is C9H16O5. The Kier molecular flexibility index (Phi) is 3.35. The van der Waals surface area contributed by atoms with E-state index in [9.17, 15) is 0 Å². The van der Waals surface area contributed by atoms with E-state index >= 15 is 0 Å². The topological polar surface area (TPSA) is 68.2 Å². The Balaban J connectivity index is 2.04. The van der Waals surface area contributed by atoms with Gasteiger partial charge in [0.15, 0.2) is 0 Å². The van der Waals surface area contributed by atoms with Crippen LogP contribution in [0.1, 0.15) is 6.42 Å². The summed E-state index contributed by atoms with van der Waals surface area (Å²) in [5.74, 6) is 0.103. The first kappa shape index (κ1) is 10.3. The Labute approximate surface area is 82.6 Å². The SMILES string of the molecule is OC[C@H]1CCOC2C1OCO[C@H]2CO. The van der Waals surface area contributed by atoms with Gasteiger partial charge in [0.2, 0.25) is 0 Å². The van der Waals surface area contributed by atoms with Crippen LogP contribution in [-0.4, -0.2) is 55.1 Å². The highest BCUT2D eigenvalue weighted by Gasteiger charge is 2.42. The highest BCUT2D eigenvalue weighted by Crippen LogP contribution is 2.29. The third-order valence-corrected chi connectivity index (χ3v) is 2.91. The standard InChI is InChI=1S/C9H16O5/c10-3-6-1-2-12-9-7(4-11)13-5-14-8(6)9/h6-11H,1-5H2/t6-,7+,8?,9?/m1/s1. The van der Waals surface area contributed by atoms with Gasteiger partial charge in [-0.1, -0.05) is 0 Å². The van der Waals surface area contributed by atoms with E-state index in [1.165, 1.54) is 0 Å². The van der Waals surface area contributed by atoms with Crippen LogP contribution in [0.15, 0.2) is 0 Å². The van der Waals surface area contributed by atoms with Crippen LogP contribution in [0.4, 0.5) is 0 Å². The minimum Gasteiger partial charge on any atom is -0.396 e. The second kappa shape index (κ2) is 4.55. The molecule has 2 aliphatic rings. The molecule has 5 nitrogen and oxygen atoms in total. The van der Waals surface area contributed by atoms with Gasteiger partial charge in [0.05, 0.1) is 12.7 Å². The van der Waals surface area contributed by atoms with E-state index in [1.54, 1.807) is 0 Å². The summed E-state index contributed by atoms with van der Waals surface area (Å²) in [6.45, 7) is 0.799. The van der Waals surface area contributed by atoms with Crippen LogP contribution in [0.3, 0.4) is 0 Å². The Morgan fingerprint density at radius 1 is 1.00 bits per heavy atom. The van der Waals surface area contributed by atoms with Crippen LogP contribution in [0.25, 0.3) is 0 Å². The zero-order valence-electron chi connectivity index (χ0n) is 7.96. The molecule has 2 rings (SSSR count). The summed E-state index contributed by atoms with van der Waals surface area (Å²) < 4.78 is 16.1. The second-order valence-corrected chi connectivity index (χ2v) is 3.70. The van der Waals surface area contributed by atoms with E-state index in [0.29, 0.717) is 6.61 Å². The fourth-order valence-electron chi connectivity index (χ4n) is 2.08. The monoisotopic (exact) mass is 204 g/mol. The van der Waals surface area contributed by atoms with Gasteiger partial charge in [-0.05, 0) is 6.42 Å². The van der Waals surface area contributed by atoms with Crippen LogP contribution in [0.5, 0.6) is 0 Å². The molecule has 14 heavy (non-hydrogen) atoms. The number of aliphatic hydroxyl groups is 2. The molecule has 2 fully saturated rings. The zero-order valence-corrected chi connectivity index (χ0v) is 7.96. The van der Waals surface area contributed by atoms with Crippen LogP contribution < -0.4 is 0 Å². The van der Waals surface area contributed by atoms with Crippen molar-refractivity contribution in [3.63, 3.8) is 0 Å². The Morgan fingerprint density at radius 3 is 2.57 bits per heavy atom. The van der Waals surface area contributed by atoms with Crippen LogP contribution in [0, 0.1) is 5.92 Å². The fraction of sp³-hybridized carbons (Fsp3) is 1.00. The predicted molar refractivity (Wildman–Crippen MR) is 46.6 cm³/mol. The Morgan fingerprint density at radius 2 is 1.86 bits per heavy atom. The van der Waals surface area contributed by atoms with Crippen molar-refractivity contribution in [3.05, 3.63) is 0 Å². The Hall–Kier alpha value is -0.200. The Bertz CT molecular complexity index is 166. The first-order valence-corrected chi connectivity index (χ1v) is 4.93. The van der Waals surface area contributed by atoms with Crippen molar-refractivity contribution >= 4 is 0 Å². The van der Waals surface area contributed by atoms with Gasteiger partial charge >= 0.3 is 0 Å². The van der Waals surface area contributed by atoms with Crippen molar-refractivity contribution in [3.8, 4) is 0 Å². The number of fused-ring (bicyclic) bond motifs is 1. The molecule has 0 spiro atoms. The molecule has 4 atom stereocenters. The highest BCUT2D eigenvalue weighted by atomic mass is 16.7. The van der Waals surface area contributed by atoms with Crippen LogP contribution in [0.2, 0.25) is 0 Å². The maximum atomic E-state index is 9.15. The average Bonchev–Trinajstić information content (AvgIpc) is 2.27. The first-order valence-electron chi connectivity index (χ1n) is 4.93. The molecule has 82 valence electrons. The summed E-state index contributed by atoms with van der Waals surface area (Å²) in [5, 5.41) is 18.2. The van der Waals surface area contributed by atoms with Crippen molar-refractivity contribution < 1.29 is 24.4 Å². The lowest BCUT2D eigenvalue weighted by Crippen LogP contribution is -2.55. The van der Waals surface area contributed by atoms with Crippen molar-refractivity contribution in [2.24, 2.45) is 5.92 Å². The van der Waals surface area contributed by atoms with E-state index in [-0.39, 0.29) is 44.2 Å². The van der Waals surface area contributed by atoms with Gasteiger partial charge in [-0.2, -0.15) is 0 Å². The van der Waals surface area contributed by atoms with Gasteiger partial charge in [-0.15, -0.1) is 0 Å². The molecule has 0 bridgehead atoms. The molecule has 2 aliphatic heterocycles. The second-order valence-electron chi connectivity index (χ2n) is 3.70. The summed E-state index contributed by atoms with van der Waals surface area (Å²) in [6.07, 6.45) is 0.109. The number of hydrogen-bond acceptors (Lipinski definition) is 5. The summed E-state index contributed by atoms with van der Waals surface area (Å²) >= 11 is 0. The lowest BCUT2D eigenvalue weighted by atomic mass is 9.90.